The molecule has 4 rings (SSSR count). The highest BCUT2D eigenvalue weighted by atomic mass is 79.9. The molecule has 33 heavy (non-hydrogen) atoms. The molecule has 0 saturated carbocycles. The van der Waals surface area contributed by atoms with Crippen molar-refractivity contribution in [2.45, 2.75) is 6.61 Å². The topological polar surface area (TPSA) is 58.6 Å². The van der Waals surface area contributed by atoms with Crippen molar-refractivity contribution >= 4 is 73.7 Å². The Labute approximate surface area is 213 Å². The number of hydrogen-bond acceptors (Lipinski definition) is 5. The number of thiocarbonyl (C=S) groups is 1. The molecule has 1 heterocycles. The first-order valence-corrected chi connectivity index (χ1v) is 12.1. The normalized spacial score (nSPS) is 14.6. The second-order valence-electron chi connectivity index (χ2n) is 6.95. The molecule has 1 N–H and O–H groups in total. The lowest BCUT2D eigenvalue weighted by atomic mass is 10.2. The van der Waals surface area contributed by atoms with Gasteiger partial charge in [-0.2, -0.15) is 5.01 Å². The van der Waals surface area contributed by atoms with E-state index >= 15 is 0 Å². The third kappa shape index (κ3) is 6.03. The second-order valence-corrected chi connectivity index (χ2v) is 9.98. The smallest absolute Gasteiger partial charge is 0.285 e. The van der Waals surface area contributed by atoms with E-state index in [0.29, 0.717) is 22.1 Å². The average molecular weight is 560 g/mol. The monoisotopic (exact) mass is 558 g/mol. The molecule has 0 unspecified atom stereocenters. The van der Waals surface area contributed by atoms with E-state index in [-0.39, 0.29) is 10.2 Å². The quantitative estimate of drug-likeness (QED) is 0.287. The molecular formula is C24H16BrClN2O3S2. The van der Waals surface area contributed by atoms with Gasteiger partial charge in [-0.1, -0.05) is 63.6 Å². The van der Waals surface area contributed by atoms with E-state index in [1.165, 1.54) is 0 Å². The number of benzene rings is 3. The number of thioether (sulfide) groups is 1. The van der Waals surface area contributed by atoms with Crippen molar-refractivity contribution in [3.63, 3.8) is 0 Å². The van der Waals surface area contributed by atoms with E-state index in [2.05, 4.69) is 21.4 Å². The van der Waals surface area contributed by atoms with Crippen molar-refractivity contribution in [3.8, 4) is 5.75 Å². The predicted octanol–water partition coefficient (Wildman–Crippen LogP) is 6.23. The second kappa shape index (κ2) is 10.5. The van der Waals surface area contributed by atoms with Gasteiger partial charge in [-0.05, 0) is 78.0 Å². The number of nitrogens with one attached hydrogen (secondary N) is 1. The van der Waals surface area contributed by atoms with Gasteiger partial charge in [0.1, 0.15) is 12.4 Å². The zero-order chi connectivity index (χ0) is 23.4. The molecule has 3 aromatic rings. The highest BCUT2D eigenvalue weighted by molar-refractivity contribution is 9.10. The predicted molar refractivity (Wildman–Crippen MR) is 139 cm³/mol. The molecule has 5 nitrogen and oxygen atoms in total. The summed E-state index contributed by atoms with van der Waals surface area (Å²) in [5, 5.41) is 1.60. The number of hydrazine groups is 1. The van der Waals surface area contributed by atoms with Gasteiger partial charge in [-0.3, -0.25) is 15.0 Å². The van der Waals surface area contributed by atoms with Crippen LogP contribution in [0.25, 0.3) is 6.08 Å². The first-order chi connectivity index (χ1) is 15.9. The molecule has 1 aliphatic heterocycles. The van der Waals surface area contributed by atoms with Crippen LogP contribution in [0.3, 0.4) is 0 Å². The number of ether oxygens (including phenoxy) is 1. The lowest BCUT2D eigenvalue weighted by Crippen LogP contribution is -2.44. The first kappa shape index (κ1) is 23.5. The number of halogens is 2. The zero-order valence-electron chi connectivity index (χ0n) is 17.0. The lowest BCUT2D eigenvalue weighted by molar-refractivity contribution is -0.123. The van der Waals surface area contributed by atoms with E-state index < -0.39 is 5.91 Å². The van der Waals surface area contributed by atoms with Crippen molar-refractivity contribution in [2.24, 2.45) is 0 Å². The molecule has 1 fully saturated rings. The maximum absolute atomic E-state index is 12.8. The van der Waals surface area contributed by atoms with Crippen molar-refractivity contribution in [3.05, 3.63) is 104 Å². The first-order valence-electron chi connectivity index (χ1n) is 9.71. The highest BCUT2D eigenvalue weighted by Crippen LogP contribution is 2.32. The van der Waals surface area contributed by atoms with Crippen LogP contribution < -0.4 is 10.2 Å². The Hall–Kier alpha value is -2.65. The van der Waals surface area contributed by atoms with Crippen LogP contribution in [0, 0.1) is 0 Å². The van der Waals surface area contributed by atoms with E-state index in [1.807, 2.05) is 48.5 Å². The van der Waals surface area contributed by atoms with Gasteiger partial charge in [0.2, 0.25) is 0 Å². The summed E-state index contributed by atoms with van der Waals surface area (Å²) in [5.74, 6) is -0.117. The minimum Gasteiger partial charge on any atom is -0.489 e. The minimum absolute atomic E-state index is 0.252. The van der Waals surface area contributed by atoms with Crippen molar-refractivity contribution in [1.29, 1.82) is 0 Å². The van der Waals surface area contributed by atoms with Crippen LogP contribution in [0.2, 0.25) is 5.02 Å². The third-order valence-electron chi connectivity index (χ3n) is 4.59. The Kier molecular flexibility index (Phi) is 7.49. The summed E-state index contributed by atoms with van der Waals surface area (Å²) in [6, 6.07) is 21.7. The molecule has 9 heteroatoms. The summed E-state index contributed by atoms with van der Waals surface area (Å²) in [5.41, 5.74) is 4.79. The molecule has 0 atom stereocenters. The largest absolute Gasteiger partial charge is 0.489 e. The van der Waals surface area contributed by atoms with Crippen molar-refractivity contribution in [1.82, 2.24) is 10.4 Å². The molecule has 1 saturated heterocycles. The van der Waals surface area contributed by atoms with Gasteiger partial charge < -0.3 is 4.74 Å². The van der Waals surface area contributed by atoms with Crippen LogP contribution in [0.5, 0.6) is 5.75 Å². The van der Waals surface area contributed by atoms with E-state index in [0.717, 1.165) is 38.1 Å². The molecule has 3 aromatic carbocycles. The fraction of sp³-hybridized carbons (Fsp3) is 0.0417. The van der Waals surface area contributed by atoms with Crippen molar-refractivity contribution in [2.75, 3.05) is 0 Å². The average Bonchev–Trinajstić information content (AvgIpc) is 3.06. The molecule has 0 aromatic heterocycles. The van der Waals surface area contributed by atoms with E-state index in [4.69, 9.17) is 28.6 Å². The number of rotatable bonds is 6. The van der Waals surface area contributed by atoms with Gasteiger partial charge in [-0.25, -0.2) is 0 Å². The number of amides is 2. The van der Waals surface area contributed by atoms with E-state index in [1.54, 1.807) is 30.3 Å². The molecule has 2 amide bonds. The van der Waals surface area contributed by atoms with Crippen LogP contribution in [0.15, 0.2) is 82.2 Å². The Morgan fingerprint density at radius 2 is 1.85 bits per heavy atom. The van der Waals surface area contributed by atoms with Crippen LogP contribution >= 0.6 is 51.5 Å². The standard InChI is InChI=1S/C24H16BrClN2O3S2/c25-18-3-1-2-16(12-18)14-31-20-10-4-15(5-11-20)13-21-23(30)28(24(32)33-21)27-22(29)17-6-8-19(26)9-7-17/h1-13H,14H2,(H,27,29)/b21-13+. The highest BCUT2D eigenvalue weighted by Gasteiger charge is 2.33. The molecule has 0 radical (unpaired) electrons. The maximum Gasteiger partial charge on any atom is 0.285 e. The fourth-order valence-electron chi connectivity index (χ4n) is 2.94. The van der Waals surface area contributed by atoms with Gasteiger partial charge in [0, 0.05) is 15.1 Å². The fourth-order valence-corrected chi connectivity index (χ4v) is 4.69. The molecule has 0 spiro atoms. The third-order valence-corrected chi connectivity index (χ3v) is 6.63. The Balaban J connectivity index is 1.39. The molecular weight excluding hydrogens is 544 g/mol. The van der Waals surface area contributed by atoms with Crippen LogP contribution in [0.1, 0.15) is 21.5 Å². The Bertz CT molecular complexity index is 1250. The summed E-state index contributed by atoms with van der Waals surface area (Å²) < 4.78 is 7.07. The summed E-state index contributed by atoms with van der Waals surface area (Å²) >= 11 is 15.7. The number of carbonyl (C=O) groups is 2. The van der Waals surface area contributed by atoms with Gasteiger partial charge in [0.25, 0.3) is 11.8 Å². The zero-order valence-corrected chi connectivity index (χ0v) is 20.9. The summed E-state index contributed by atoms with van der Waals surface area (Å²) in [6.07, 6.45) is 1.73. The summed E-state index contributed by atoms with van der Waals surface area (Å²) in [6.45, 7) is 0.449. The van der Waals surface area contributed by atoms with Gasteiger partial charge in [0.05, 0.1) is 4.91 Å². The molecule has 166 valence electrons. The summed E-state index contributed by atoms with van der Waals surface area (Å²) in [7, 11) is 0. The SMILES string of the molecule is O=C(NN1C(=O)/C(=C\c2ccc(OCc3cccc(Br)c3)cc2)SC1=S)c1ccc(Cl)cc1. The van der Waals surface area contributed by atoms with E-state index in [9.17, 15) is 9.59 Å². The maximum atomic E-state index is 12.8. The van der Waals surface area contributed by atoms with Gasteiger partial charge in [0.15, 0.2) is 4.32 Å². The molecule has 0 bridgehead atoms. The number of hydrogen-bond donors (Lipinski definition) is 1. The Morgan fingerprint density at radius 1 is 1.12 bits per heavy atom. The molecule has 0 aliphatic carbocycles. The van der Waals surface area contributed by atoms with Crippen LogP contribution in [0.4, 0.5) is 0 Å². The van der Waals surface area contributed by atoms with Gasteiger partial charge >= 0.3 is 0 Å². The Morgan fingerprint density at radius 3 is 2.55 bits per heavy atom. The lowest BCUT2D eigenvalue weighted by Gasteiger charge is -2.15. The van der Waals surface area contributed by atoms with Crippen LogP contribution in [-0.4, -0.2) is 21.1 Å². The van der Waals surface area contributed by atoms with Gasteiger partial charge in [-0.15, -0.1) is 0 Å². The molecule has 1 aliphatic rings. The van der Waals surface area contributed by atoms with Crippen LogP contribution in [-0.2, 0) is 11.4 Å². The summed E-state index contributed by atoms with van der Waals surface area (Å²) in [4.78, 5) is 25.6. The number of carbonyl (C=O) groups excluding carboxylic acids is 2. The minimum atomic E-state index is -0.448. The van der Waals surface area contributed by atoms with Crippen molar-refractivity contribution < 1.29 is 14.3 Å². The number of nitrogens with zero attached hydrogens (tertiary/aromatic N) is 1.